The van der Waals surface area contributed by atoms with Gasteiger partial charge in [0.05, 0.1) is 11.3 Å². The average molecular weight is 429 g/mol. The van der Waals surface area contributed by atoms with Crippen molar-refractivity contribution in [2.24, 2.45) is 10.9 Å². The topological polar surface area (TPSA) is 134 Å². The molecule has 1 fully saturated rings. The Morgan fingerprint density at radius 2 is 2.03 bits per heavy atom. The van der Waals surface area contributed by atoms with Gasteiger partial charge in [-0.05, 0) is 31.9 Å². The highest BCUT2D eigenvalue weighted by molar-refractivity contribution is 5.98. The quantitative estimate of drug-likeness (QED) is 0.452. The number of rotatable bonds is 10. The zero-order valence-electron chi connectivity index (χ0n) is 17.5. The van der Waals surface area contributed by atoms with Crippen molar-refractivity contribution in [1.82, 2.24) is 15.7 Å². The number of piperidine rings is 1. The summed E-state index contributed by atoms with van der Waals surface area (Å²) in [4.78, 5) is 39.2. The first-order valence-electron chi connectivity index (χ1n) is 10.8. The number of hydrogen-bond donors (Lipinski definition) is 3. The molecule has 0 radical (unpaired) electrons. The number of nitrogens with one attached hydrogen (secondary N) is 2. The molecule has 0 aromatic carbocycles. The number of aliphatic carboxylic acids is 1. The Hall–Kier alpha value is -2.78. The number of unbranched alkanes of at least 4 members (excludes halogenated alkanes) is 3. The summed E-state index contributed by atoms with van der Waals surface area (Å²) < 4.78 is 0. The molecular formula is C22H29N4O5-. The predicted molar refractivity (Wildman–Crippen MR) is 116 cm³/mol. The zero-order valence-corrected chi connectivity index (χ0v) is 17.5. The smallest absolute Gasteiger partial charge is 0.303 e. The minimum absolute atomic E-state index is 0.0173. The summed E-state index contributed by atoms with van der Waals surface area (Å²) in [5.74, 6) is -1.54. The number of carboxylic acid groups (broad SMARTS) is 1. The van der Waals surface area contributed by atoms with Crippen LogP contribution in [0.2, 0.25) is 0 Å². The van der Waals surface area contributed by atoms with E-state index < -0.39 is 11.9 Å². The Bertz CT molecular complexity index is 817. The van der Waals surface area contributed by atoms with Gasteiger partial charge in [-0.3, -0.25) is 19.4 Å². The van der Waals surface area contributed by atoms with Gasteiger partial charge in [-0.15, -0.1) is 0 Å². The van der Waals surface area contributed by atoms with Crippen LogP contribution in [0.1, 0.15) is 44.9 Å². The van der Waals surface area contributed by atoms with E-state index in [0.29, 0.717) is 29.2 Å². The number of carboxylic acids is 1. The third-order valence-corrected chi connectivity index (χ3v) is 5.72. The van der Waals surface area contributed by atoms with Crippen LogP contribution in [0.15, 0.2) is 40.6 Å². The molecule has 2 heterocycles. The van der Waals surface area contributed by atoms with Gasteiger partial charge in [0.15, 0.2) is 0 Å². The van der Waals surface area contributed by atoms with Gasteiger partial charge < -0.3 is 26.0 Å². The molecule has 0 aromatic rings. The Labute approximate surface area is 181 Å². The monoisotopic (exact) mass is 429 g/mol. The third-order valence-electron chi connectivity index (χ3n) is 5.72. The largest absolute Gasteiger partial charge is 0.756 e. The van der Waals surface area contributed by atoms with E-state index in [1.54, 1.807) is 12.3 Å². The van der Waals surface area contributed by atoms with Crippen LogP contribution in [0.3, 0.4) is 0 Å². The molecule has 3 atom stereocenters. The van der Waals surface area contributed by atoms with Crippen LogP contribution in [-0.2, 0) is 14.4 Å². The zero-order chi connectivity index (χ0) is 22.2. The molecule has 2 amide bonds. The first-order chi connectivity index (χ1) is 15.0. The van der Waals surface area contributed by atoms with Gasteiger partial charge in [-0.2, -0.15) is 0 Å². The number of carbonyl (C=O) groups is 3. The SMILES string of the molecule is O=C(O)CCCCCCNC1C=CC(C(=O)NC2CCC(=O)N([O-])C2)=C2N=CC=CC21. The van der Waals surface area contributed by atoms with E-state index in [0.717, 1.165) is 25.8 Å². The normalized spacial score (nSPS) is 25.0. The lowest BCUT2D eigenvalue weighted by Gasteiger charge is -2.37. The fourth-order valence-electron chi connectivity index (χ4n) is 4.02. The maximum Gasteiger partial charge on any atom is 0.303 e. The van der Waals surface area contributed by atoms with E-state index in [1.807, 2.05) is 18.2 Å². The fraction of sp³-hybridized carbons (Fsp3) is 0.545. The molecule has 1 saturated heterocycles. The molecule has 3 rings (SSSR count). The lowest BCUT2D eigenvalue weighted by molar-refractivity contribution is -0.137. The van der Waals surface area contributed by atoms with Gasteiger partial charge in [0, 0.05) is 43.6 Å². The summed E-state index contributed by atoms with van der Waals surface area (Å²) in [5.41, 5.74) is 1.17. The number of fused-ring (bicyclic) bond motifs is 1. The maximum atomic E-state index is 12.8. The summed E-state index contributed by atoms with van der Waals surface area (Å²) in [7, 11) is 0. The second kappa shape index (κ2) is 11.0. The highest BCUT2D eigenvalue weighted by Crippen LogP contribution is 2.30. The van der Waals surface area contributed by atoms with Crippen LogP contribution in [0.25, 0.3) is 0 Å². The number of aliphatic imine (C=N–C) groups is 1. The van der Waals surface area contributed by atoms with Crippen LogP contribution in [-0.4, -0.2) is 59.3 Å². The number of nitrogens with zero attached hydrogens (tertiary/aromatic N) is 2. The molecular weight excluding hydrogens is 400 g/mol. The lowest BCUT2D eigenvalue weighted by atomic mass is 9.86. The van der Waals surface area contributed by atoms with Crippen molar-refractivity contribution in [1.29, 1.82) is 0 Å². The molecule has 0 aromatic heterocycles. The van der Waals surface area contributed by atoms with Crippen LogP contribution < -0.4 is 10.6 Å². The van der Waals surface area contributed by atoms with Crippen molar-refractivity contribution in [2.75, 3.05) is 13.1 Å². The van der Waals surface area contributed by atoms with Crippen LogP contribution in [0.4, 0.5) is 0 Å². The summed E-state index contributed by atoms with van der Waals surface area (Å²) in [5, 5.41) is 27.0. The molecule has 3 N–H and O–H groups in total. The van der Waals surface area contributed by atoms with E-state index in [2.05, 4.69) is 15.6 Å². The molecule has 1 aliphatic carbocycles. The second-order valence-electron chi connectivity index (χ2n) is 8.05. The number of dihydropyridines is 1. The molecule has 3 unspecified atom stereocenters. The molecule has 3 aliphatic rings. The van der Waals surface area contributed by atoms with Crippen LogP contribution in [0.5, 0.6) is 0 Å². The Kier molecular flexibility index (Phi) is 8.13. The van der Waals surface area contributed by atoms with Gasteiger partial charge in [-0.25, -0.2) is 0 Å². The first kappa shape index (κ1) is 22.9. The van der Waals surface area contributed by atoms with Crippen molar-refractivity contribution >= 4 is 24.0 Å². The van der Waals surface area contributed by atoms with Crippen molar-refractivity contribution in [2.45, 2.75) is 57.0 Å². The first-order valence-corrected chi connectivity index (χ1v) is 10.8. The fourth-order valence-corrected chi connectivity index (χ4v) is 4.02. The summed E-state index contributed by atoms with van der Waals surface area (Å²) in [6.07, 6.45) is 13.6. The molecule has 31 heavy (non-hydrogen) atoms. The van der Waals surface area contributed by atoms with Gasteiger partial charge in [0.25, 0.3) is 5.91 Å². The highest BCUT2D eigenvalue weighted by atomic mass is 16.5. The second-order valence-corrected chi connectivity index (χ2v) is 8.05. The molecule has 9 nitrogen and oxygen atoms in total. The summed E-state index contributed by atoms with van der Waals surface area (Å²) >= 11 is 0. The molecule has 9 heteroatoms. The van der Waals surface area contributed by atoms with E-state index in [1.165, 1.54) is 0 Å². The van der Waals surface area contributed by atoms with E-state index in [9.17, 15) is 19.6 Å². The number of carbonyl (C=O) groups excluding carboxylic acids is 2. The van der Waals surface area contributed by atoms with E-state index in [-0.39, 0.29) is 43.3 Å². The lowest BCUT2D eigenvalue weighted by Crippen LogP contribution is -2.48. The Morgan fingerprint density at radius 1 is 1.23 bits per heavy atom. The van der Waals surface area contributed by atoms with Crippen molar-refractivity contribution < 1.29 is 19.5 Å². The Morgan fingerprint density at radius 3 is 2.81 bits per heavy atom. The summed E-state index contributed by atoms with van der Waals surface area (Å²) in [6.45, 7) is 0.764. The van der Waals surface area contributed by atoms with Gasteiger partial charge >= 0.3 is 5.97 Å². The number of allylic oxidation sites excluding steroid dienone is 1. The number of amides is 2. The van der Waals surface area contributed by atoms with Crippen molar-refractivity contribution in [3.63, 3.8) is 0 Å². The molecule has 168 valence electrons. The van der Waals surface area contributed by atoms with E-state index >= 15 is 0 Å². The molecule has 0 bridgehead atoms. The van der Waals surface area contributed by atoms with Crippen molar-refractivity contribution in [3.8, 4) is 0 Å². The highest BCUT2D eigenvalue weighted by Gasteiger charge is 2.31. The molecule has 0 saturated carbocycles. The Balaban J connectivity index is 1.52. The van der Waals surface area contributed by atoms with Crippen molar-refractivity contribution in [3.05, 3.63) is 40.8 Å². The minimum atomic E-state index is -0.753. The maximum absolute atomic E-state index is 12.8. The number of hydrogen-bond acceptors (Lipinski definition) is 6. The standard InChI is InChI=1S/C22H29N4O5/c27-19-11-8-15(14-26(19)31)25-22(30)17-9-10-18(16-6-5-13-24-21(16)17)23-12-4-2-1-3-7-20(28)29/h5-6,9-10,13,15-16,18,23H,1-4,7-8,11-12,14H2,(H,25,30)(H,28,29)/q-1. The summed E-state index contributed by atoms with van der Waals surface area (Å²) in [6, 6.07) is -0.341. The van der Waals surface area contributed by atoms with Crippen LogP contribution in [0, 0.1) is 11.1 Å². The van der Waals surface area contributed by atoms with E-state index in [4.69, 9.17) is 5.11 Å². The predicted octanol–water partition coefficient (Wildman–Crippen LogP) is 1.67. The third kappa shape index (κ3) is 6.35. The molecule has 2 aliphatic heterocycles. The van der Waals surface area contributed by atoms with Gasteiger partial charge in [0.1, 0.15) is 0 Å². The van der Waals surface area contributed by atoms with Gasteiger partial charge in [-0.1, -0.05) is 31.1 Å². The number of hydroxylamine groups is 2. The average Bonchev–Trinajstić information content (AvgIpc) is 2.75. The minimum Gasteiger partial charge on any atom is -0.756 e. The molecule has 0 spiro atoms. The van der Waals surface area contributed by atoms with Crippen LogP contribution >= 0.6 is 0 Å². The van der Waals surface area contributed by atoms with Gasteiger partial charge in [0.2, 0.25) is 5.91 Å².